The van der Waals surface area contributed by atoms with Crippen molar-refractivity contribution in [3.63, 3.8) is 0 Å². The molecule has 0 spiro atoms. The summed E-state index contributed by atoms with van der Waals surface area (Å²) in [5.74, 6) is 2.37. The second kappa shape index (κ2) is 9.52. The minimum atomic E-state index is 0.479. The topological polar surface area (TPSA) is 98.1 Å². The van der Waals surface area contributed by atoms with Gasteiger partial charge in [0.25, 0.3) is 0 Å². The van der Waals surface area contributed by atoms with Crippen molar-refractivity contribution in [1.29, 1.82) is 0 Å². The number of benzene rings is 2. The summed E-state index contributed by atoms with van der Waals surface area (Å²) in [6.07, 6.45) is 4.41. The maximum atomic E-state index is 4.82. The van der Waals surface area contributed by atoms with Crippen LogP contribution in [0.2, 0.25) is 0 Å². The standard InChI is InChI=1S/C25H24N8/c1-2-7-23-27-22(16-18-8-4-3-5-9-18)30-33(23)17-19-11-13-20(14-12-19)21-10-6-15-26-24(21)25-28-31-32-29-25/h3-6,8-15H,2,7,16-17H2,1H3,(H,28,29,31,32). The first kappa shape index (κ1) is 20.7. The molecule has 0 amide bonds. The maximum Gasteiger partial charge on any atom is 0.223 e. The SMILES string of the molecule is CCCc1nc(Cc2ccccc2)nn1Cc1ccc(-c2cccnc2-c2nn[nH]n2)cc1. The molecule has 0 bridgehead atoms. The lowest BCUT2D eigenvalue weighted by Gasteiger charge is -2.08. The summed E-state index contributed by atoms with van der Waals surface area (Å²) < 4.78 is 2.03. The van der Waals surface area contributed by atoms with Gasteiger partial charge in [0, 0.05) is 24.6 Å². The van der Waals surface area contributed by atoms with Crippen LogP contribution in [0.25, 0.3) is 22.6 Å². The summed E-state index contributed by atoms with van der Waals surface area (Å²) in [5.41, 5.74) is 5.09. The zero-order valence-electron chi connectivity index (χ0n) is 18.4. The van der Waals surface area contributed by atoms with Gasteiger partial charge >= 0.3 is 0 Å². The zero-order valence-corrected chi connectivity index (χ0v) is 18.4. The van der Waals surface area contributed by atoms with Gasteiger partial charge in [0.15, 0.2) is 5.82 Å². The third-order valence-corrected chi connectivity index (χ3v) is 5.43. The molecule has 164 valence electrons. The third-order valence-electron chi connectivity index (χ3n) is 5.43. The molecule has 0 saturated carbocycles. The fourth-order valence-corrected chi connectivity index (χ4v) is 3.86. The third kappa shape index (κ3) is 4.69. The first-order valence-electron chi connectivity index (χ1n) is 11.0. The van der Waals surface area contributed by atoms with Crippen LogP contribution in [0.15, 0.2) is 72.9 Å². The second-order valence-electron chi connectivity index (χ2n) is 7.85. The number of H-pyrrole nitrogens is 1. The Kier molecular flexibility index (Phi) is 5.97. The van der Waals surface area contributed by atoms with E-state index >= 15 is 0 Å². The molecule has 5 aromatic rings. The highest BCUT2D eigenvalue weighted by Crippen LogP contribution is 2.28. The molecule has 0 fully saturated rings. The molecular weight excluding hydrogens is 412 g/mol. The first-order chi connectivity index (χ1) is 16.3. The maximum absolute atomic E-state index is 4.82. The van der Waals surface area contributed by atoms with E-state index in [1.54, 1.807) is 6.20 Å². The number of nitrogens with zero attached hydrogens (tertiary/aromatic N) is 7. The normalized spacial score (nSPS) is 11.1. The highest BCUT2D eigenvalue weighted by Gasteiger charge is 2.13. The Bertz CT molecular complexity index is 1310. The van der Waals surface area contributed by atoms with Gasteiger partial charge in [-0.05, 0) is 34.4 Å². The Labute approximate surface area is 191 Å². The Morgan fingerprint density at radius 1 is 0.909 bits per heavy atom. The summed E-state index contributed by atoms with van der Waals surface area (Å²) >= 11 is 0. The van der Waals surface area contributed by atoms with Crippen LogP contribution < -0.4 is 0 Å². The number of aromatic amines is 1. The molecule has 8 heteroatoms. The van der Waals surface area contributed by atoms with E-state index in [1.165, 1.54) is 5.56 Å². The van der Waals surface area contributed by atoms with Crippen molar-refractivity contribution < 1.29 is 0 Å². The van der Waals surface area contributed by atoms with E-state index in [9.17, 15) is 0 Å². The van der Waals surface area contributed by atoms with Crippen LogP contribution in [0.4, 0.5) is 0 Å². The fourth-order valence-electron chi connectivity index (χ4n) is 3.86. The molecule has 0 aliphatic rings. The van der Waals surface area contributed by atoms with Crippen molar-refractivity contribution >= 4 is 0 Å². The molecule has 0 aliphatic carbocycles. The van der Waals surface area contributed by atoms with Gasteiger partial charge < -0.3 is 0 Å². The summed E-state index contributed by atoms with van der Waals surface area (Å²) in [4.78, 5) is 9.27. The van der Waals surface area contributed by atoms with Crippen LogP contribution in [0.3, 0.4) is 0 Å². The molecule has 1 N–H and O–H groups in total. The van der Waals surface area contributed by atoms with Crippen molar-refractivity contribution in [3.05, 3.63) is 95.7 Å². The average molecular weight is 437 g/mol. The molecule has 0 atom stereocenters. The van der Waals surface area contributed by atoms with Crippen molar-refractivity contribution in [2.45, 2.75) is 32.7 Å². The van der Waals surface area contributed by atoms with Gasteiger partial charge in [-0.25, -0.2) is 9.67 Å². The zero-order chi connectivity index (χ0) is 22.5. The monoisotopic (exact) mass is 436 g/mol. The fraction of sp³-hybridized carbons (Fsp3) is 0.200. The summed E-state index contributed by atoms with van der Waals surface area (Å²) in [6.45, 7) is 2.85. The molecule has 0 aliphatic heterocycles. The lowest BCUT2D eigenvalue weighted by atomic mass is 10.0. The number of aryl methyl sites for hydroxylation is 1. The van der Waals surface area contributed by atoms with E-state index < -0.39 is 0 Å². The largest absolute Gasteiger partial charge is 0.252 e. The minimum absolute atomic E-state index is 0.479. The minimum Gasteiger partial charge on any atom is -0.252 e. The number of pyridine rings is 1. The molecule has 3 heterocycles. The van der Waals surface area contributed by atoms with E-state index in [1.807, 2.05) is 35.0 Å². The van der Waals surface area contributed by atoms with Crippen molar-refractivity contribution in [3.8, 4) is 22.6 Å². The molecule has 8 nitrogen and oxygen atoms in total. The molecule has 0 unspecified atom stereocenters. The van der Waals surface area contributed by atoms with Crippen LogP contribution in [0.5, 0.6) is 0 Å². The predicted molar refractivity (Wildman–Crippen MR) is 125 cm³/mol. The highest BCUT2D eigenvalue weighted by atomic mass is 15.5. The second-order valence-corrected chi connectivity index (χ2v) is 7.85. The Hall–Kier alpha value is -4.20. The first-order valence-corrected chi connectivity index (χ1v) is 11.0. The quantitative estimate of drug-likeness (QED) is 0.393. The van der Waals surface area contributed by atoms with Gasteiger partial charge in [-0.2, -0.15) is 10.3 Å². The Balaban J connectivity index is 1.38. The molecule has 33 heavy (non-hydrogen) atoms. The number of hydrogen-bond acceptors (Lipinski definition) is 6. The number of aromatic nitrogens is 8. The van der Waals surface area contributed by atoms with Crippen molar-refractivity contribution in [1.82, 2.24) is 40.4 Å². The summed E-state index contributed by atoms with van der Waals surface area (Å²) in [7, 11) is 0. The smallest absolute Gasteiger partial charge is 0.223 e. The predicted octanol–water partition coefficient (Wildman–Crippen LogP) is 4.11. The van der Waals surface area contributed by atoms with Gasteiger partial charge in [-0.1, -0.05) is 67.6 Å². The number of tetrazole rings is 1. The van der Waals surface area contributed by atoms with E-state index in [4.69, 9.17) is 10.1 Å². The molecule has 5 rings (SSSR count). The number of nitrogens with one attached hydrogen (secondary N) is 1. The molecule has 0 saturated heterocycles. The van der Waals surface area contributed by atoms with Crippen LogP contribution in [-0.4, -0.2) is 40.4 Å². The van der Waals surface area contributed by atoms with Crippen molar-refractivity contribution in [2.75, 3.05) is 0 Å². The van der Waals surface area contributed by atoms with E-state index in [2.05, 4.69) is 68.9 Å². The van der Waals surface area contributed by atoms with Gasteiger partial charge in [0.05, 0.1) is 6.54 Å². The molecule has 2 aromatic carbocycles. The van der Waals surface area contributed by atoms with Crippen LogP contribution in [0.1, 0.15) is 36.1 Å². The van der Waals surface area contributed by atoms with Crippen LogP contribution >= 0.6 is 0 Å². The van der Waals surface area contributed by atoms with Crippen molar-refractivity contribution in [2.24, 2.45) is 0 Å². The van der Waals surface area contributed by atoms with E-state index in [0.29, 0.717) is 18.1 Å². The van der Waals surface area contributed by atoms with Gasteiger partial charge in [-0.15, -0.1) is 10.2 Å². The van der Waals surface area contributed by atoms with Gasteiger partial charge in [0.1, 0.15) is 11.5 Å². The summed E-state index contributed by atoms with van der Waals surface area (Å²) in [6, 6.07) is 22.7. The van der Waals surface area contributed by atoms with Crippen LogP contribution in [0, 0.1) is 0 Å². The average Bonchev–Trinajstić information content (AvgIpc) is 3.51. The Morgan fingerprint density at radius 2 is 1.76 bits per heavy atom. The molecule has 3 aromatic heterocycles. The highest BCUT2D eigenvalue weighted by molar-refractivity contribution is 5.77. The Morgan fingerprint density at radius 3 is 2.52 bits per heavy atom. The van der Waals surface area contributed by atoms with Gasteiger partial charge in [0.2, 0.25) is 5.82 Å². The van der Waals surface area contributed by atoms with Crippen LogP contribution in [-0.2, 0) is 19.4 Å². The number of hydrogen-bond donors (Lipinski definition) is 1. The molecule has 0 radical (unpaired) electrons. The van der Waals surface area contributed by atoms with Gasteiger partial charge in [-0.3, -0.25) is 4.98 Å². The molecular formula is C25H24N8. The lowest BCUT2D eigenvalue weighted by Crippen LogP contribution is -2.07. The summed E-state index contributed by atoms with van der Waals surface area (Å²) in [5, 5.41) is 19.1. The van der Waals surface area contributed by atoms with E-state index in [-0.39, 0.29) is 0 Å². The number of rotatable bonds is 8. The van der Waals surface area contributed by atoms with E-state index in [0.717, 1.165) is 47.6 Å². The lowest BCUT2D eigenvalue weighted by molar-refractivity contribution is 0.626.